The van der Waals surface area contributed by atoms with Crippen LogP contribution in [0.5, 0.6) is 5.75 Å². The third-order valence-electron chi connectivity index (χ3n) is 3.47. The monoisotopic (exact) mass is 258 g/mol. The lowest BCUT2D eigenvalue weighted by atomic mass is 10.1. The Morgan fingerprint density at radius 3 is 2.84 bits per heavy atom. The summed E-state index contributed by atoms with van der Waals surface area (Å²) in [6.45, 7) is 2.46. The molecule has 5 nitrogen and oxygen atoms in total. The first-order valence-corrected chi connectivity index (χ1v) is 6.51. The average Bonchev–Trinajstić information content (AvgIpc) is 2.85. The van der Waals surface area contributed by atoms with Gasteiger partial charge in [-0.15, -0.1) is 0 Å². The molecule has 5 heteroatoms. The highest BCUT2D eigenvalue weighted by Crippen LogP contribution is 2.29. The van der Waals surface area contributed by atoms with Crippen LogP contribution in [-0.4, -0.2) is 23.2 Å². The van der Waals surface area contributed by atoms with Crippen LogP contribution >= 0.6 is 0 Å². The van der Waals surface area contributed by atoms with Gasteiger partial charge in [0.1, 0.15) is 5.75 Å². The first kappa shape index (κ1) is 12.0. The maximum absolute atomic E-state index is 5.90. The summed E-state index contributed by atoms with van der Waals surface area (Å²) in [5.74, 6) is 1.78. The van der Waals surface area contributed by atoms with E-state index in [2.05, 4.69) is 14.9 Å². The highest BCUT2D eigenvalue weighted by molar-refractivity contribution is 5.65. The maximum Gasteiger partial charge on any atom is 0.203 e. The number of hydrogen-bond donors (Lipinski definition) is 2. The Kier molecular flexibility index (Phi) is 3.13. The predicted molar refractivity (Wildman–Crippen MR) is 75.2 cm³/mol. The van der Waals surface area contributed by atoms with E-state index in [1.807, 2.05) is 24.3 Å². The minimum Gasteiger partial charge on any atom is -0.497 e. The Balaban J connectivity index is 2.05. The van der Waals surface area contributed by atoms with Gasteiger partial charge in [-0.05, 0) is 30.7 Å². The molecule has 3 N–H and O–H groups in total. The summed E-state index contributed by atoms with van der Waals surface area (Å²) < 4.78 is 7.36. The second-order valence-electron chi connectivity index (χ2n) is 4.60. The Labute approximate surface area is 112 Å². The lowest BCUT2D eigenvalue weighted by Crippen LogP contribution is -2.19. The van der Waals surface area contributed by atoms with Crippen LogP contribution in [0.4, 0.5) is 5.95 Å². The largest absolute Gasteiger partial charge is 0.497 e. The van der Waals surface area contributed by atoms with Gasteiger partial charge >= 0.3 is 0 Å². The first-order valence-electron chi connectivity index (χ1n) is 6.51. The molecule has 1 aromatic carbocycles. The highest BCUT2D eigenvalue weighted by atomic mass is 16.5. The number of methoxy groups -OCH3 is 1. The van der Waals surface area contributed by atoms with Crippen molar-refractivity contribution in [2.45, 2.75) is 19.5 Å². The van der Waals surface area contributed by atoms with Gasteiger partial charge in [-0.25, -0.2) is 4.98 Å². The van der Waals surface area contributed by atoms with Crippen LogP contribution in [0.25, 0.3) is 11.3 Å². The van der Waals surface area contributed by atoms with Crippen LogP contribution in [0.2, 0.25) is 0 Å². The molecule has 0 bridgehead atoms. The van der Waals surface area contributed by atoms with E-state index in [1.54, 1.807) is 7.11 Å². The molecule has 1 aromatic heterocycles. The van der Waals surface area contributed by atoms with E-state index in [4.69, 9.17) is 10.5 Å². The topological polar surface area (TPSA) is 65.1 Å². The van der Waals surface area contributed by atoms with E-state index >= 15 is 0 Å². The van der Waals surface area contributed by atoms with Crippen LogP contribution in [-0.2, 0) is 13.1 Å². The molecule has 0 atom stereocenters. The normalized spacial score (nSPS) is 13.8. The molecule has 2 aromatic rings. The smallest absolute Gasteiger partial charge is 0.203 e. The zero-order valence-electron chi connectivity index (χ0n) is 11.0. The number of anilines is 1. The molecule has 0 fully saturated rings. The van der Waals surface area contributed by atoms with Crippen molar-refractivity contribution in [1.82, 2.24) is 9.55 Å². The number of nitrogens with one attached hydrogen (secondary N) is 1. The number of nitrogens with two attached hydrogens (primary N) is 1. The van der Waals surface area contributed by atoms with Crippen LogP contribution in [0.15, 0.2) is 24.3 Å². The van der Waals surface area contributed by atoms with Crippen molar-refractivity contribution in [2.75, 3.05) is 19.0 Å². The van der Waals surface area contributed by atoms with Crippen LogP contribution in [0.3, 0.4) is 0 Å². The first-order chi connectivity index (χ1) is 9.33. The molecule has 1 aliphatic heterocycles. The van der Waals surface area contributed by atoms with Crippen molar-refractivity contribution in [3.8, 4) is 17.0 Å². The van der Waals surface area contributed by atoms with Gasteiger partial charge in [-0.2, -0.15) is 0 Å². The number of fused-ring (bicyclic) bond motifs is 1. The molecule has 3 rings (SSSR count). The van der Waals surface area contributed by atoms with Crippen molar-refractivity contribution < 1.29 is 4.74 Å². The Bertz CT molecular complexity index is 574. The fraction of sp³-hybridized carbons (Fsp3) is 0.357. The zero-order chi connectivity index (χ0) is 13.2. The van der Waals surface area contributed by atoms with Crippen LogP contribution < -0.4 is 15.8 Å². The van der Waals surface area contributed by atoms with Gasteiger partial charge in [0, 0.05) is 25.2 Å². The Morgan fingerprint density at radius 2 is 2.16 bits per heavy atom. The molecule has 0 aliphatic carbocycles. The molecule has 0 saturated carbocycles. The van der Waals surface area contributed by atoms with Gasteiger partial charge in [0.15, 0.2) is 0 Å². The zero-order valence-corrected chi connectivity index (χ0v) is 11.0. The quantitative estimate of drug-likeness (QED) is 0.881. The summed E-state index contributed by atoms with van der Waals surface area (Å²) >= 11 is 0. The van der Waals surface area contributed by atoms with Crippen molar-refractivity contribution >= 4 is 5.95 Å². The van der Waals surface area contributed by atoms with Gasteiger partial charge in [0.05, 0.1) is 18.5 Å². The number of hydrogen-bond acceptors (Lipinski definition) is 4. The summed E-state index contributed by atoms with van der Waals surface area (Å²) in [6, 6.07) is 7.93. The molecule has 1 aliphatic rings. The molecule has 0 spiro atoms. The fourth-order valence-electron chi connectivity index (χ4n) is 2.49. The van der Waals surface area contributed by atoms with Gasteiger partial charge in [-0.1, -0.05) is 0 Å². The predicted octanol–water partition coefficient (Wildman–Crippen LogP) is 1.83. The van der Waals surface area contributed by atoms with E-state index in [-0.39, 0.29) is 0 Å². The molecule has 0 unspecified atom stereocenters. The maximum atomic E-state index is 5.90. The number of ether oxygens (including phenoxy) is 1. The Hall–Kier alpha value is -2.01. The van der Waals surface area contributed by atoms with E-state index < -0.39 is 0 Å². The third kappa shape index (κ3) is 2.06. The summed E-state index contributed by atoms with van der Waals surface area (Å²) in [4.78, 5) is 4.68. The lowest BCUT2D eigenvalue weighted by molar-refractivity contribution is 0.415. The summed E-state index contributed by atoms with van der Waals surface area (Å²) in [7, 11) is 1.67. The van der Waals surface area contributed by atoms with E-state index in [0.29, 0.717) is 6.54 Å². The molecule has 100 valence electrons. The fourth-order valence-corrected chi connectivity index (χ4v) is 2.49. The molecular formula is C14H18N4O. The molecule has 0 saturated heterocycles. The second kappa shape index (κ2) is 4.93. The number of nitrogens with zero attached hydrogens (tertiary/aromatic N) is 2. The van der Waals surface area contributed by atoms with Crippen molar-refractivity contribution in [1.29, 1.82) is 0 Å². The molecular weight excluding hydrogens is 240 g/mol. The molecule has 19 heavy (non-hydrogen) atoms. The van der Waals surface area contributed by atoms with Crippen molar-refractivity contribution in [3.05, 3.63) is 30.0 Å². The number of imidazole rings is 1. The lowest BCUT2D eigenvalue weighted by Gasteiger charge is -2.17. The van der Waals surface area contributed by atoms with Crippen LogP contribution in [0.1, 0.15) is 12.1 Å². The molecule has 0 radical (unpaired) electrons. The standard InChI is InChI=1S/C14H18N4O/c1-19-11-5-3-10(4-6-11)13-12(9-15)18-8-2-7-16-14(18)17-13/h3-6H,2,7-9,15H2,1H3,(H,16,17). The van der Waals surface area contributed by atoms with Gasteiger partial charge < -0.3 is 20.4 Å². The summed E-state index contributed by atoms with van der Waals surface area (Å²) in [6.07, 6.45) is 1.11. The Morgan fingerprint density at radius 1 is 1.37 bits per heavy atom. The van der Waals surface area contributed by atoms with Crippen LogP contribution in [0, 0.1) is 0 Å². The second-order valence-corrected chi connectivity index (χ2v) is 4.60. The van der Waals surface area contributed by atoms with E-state index in [1.165, 1.54) is 0 Å². The third-order valence-corrected chi connectivity index (χ3v) is 3.47. The van der Waals surface area contributed by atoms with E-state index in [0.717, 1.165) is 48.2 Å². The van der Waals surface area contributed by atoms with Gasteiger partial charge in [0.25, 0.3) is 0 Å². The molecule has 0 amide bonds. The highest BCUT2D eigenvalue weighted by Gasteiger charge is 2.19. The minimum atomic E-state index is 0.496. The summed E-state index contributed by atoms with van der Waals surface area (Å²) in [5.41, 5.74) is 9.03. The average molecular weight is 258 g/mol. The van der Waals surface area contributed by atoms with Crippen molar-refractivity contribution in [2.24, 2.45) is 5.73 Å². The number of benzene rings is 1. The van der Waals surface area contributed by atoms with Crippen molar-refractivity contribution in [3.63, 3.8) is 0 Å². The van der Waals surface area contributed by atoms with E-state index in [9.17, 15) is 0 Å². The number of aromatic nitrogens is 2. The SMILES string of the molecule is COc1ccc(-c2nc3n(c2CN)CCCN3)cc1. The molecule has 2 heterocycles. The number of rotatable bonds is 3. The summed E-state index contributed by atoms with van der Waals surface area (Å²) in [5, 5.41) is 3.32. The van der Waals surface area contributed by atoms with Gasteiger partial charge in [0.2, 0.25) is 5.95 Å². The van der Waals surface area contributed by atoms with Gasteiger partial charge in [-0.3, -0.25) is 0 Å². The minimum absolute atomic E-state index is 0.496.